The van der Waals surface area contributed by atoms with Crippen LogP contribution in [0.5, 0.6) is 0 Å². The molecule has 0 amide bonds. The Balaban J connectivity index is 1.62. The Bertz CT molecular complexity index is 1050. The van der Waals surface area contributed by atoms with Gasteiger partial charge in [-0.05, 0) is 98.2 Å². The minimum atomic E-state index is -0.599. The average molecular weight is 529 g/mol. The minimum Gasteiger partial charge on any atom is -0.469 e. The predicted molar refractivity (Wildman–Crippen MR) is 148 cm³/mol. The number of aliphatic hydroxyl groups excluding tert-OH is 1. The van der Waals surface area contributed by atoms with Crippen LogP contribution in [-0.4, -0.2) is 35.9 Å². The van der Waals surface area contributed by atoms with Crippen molar-refractivity contribution in [2.75, 3.05) is 7.11 Å². The highest BCUT2D eigenvalue weighted by Gasteiger charge is 2.70. The Labute approximate surface area is 230 Å². The van der Waals surface area contributed by atoms with Crippen LogP contribution in [0.2, 0.25) is 0 Å². The highest BCUT2D eigenvalue weighted by Crippen LogP contribution is 2.76. The first-order valence-electron chi connectivity index (χ1n) is 15.2. The number of esters is 2. The molecule has 0 saturated heterocycles. The first kappa shape index (κ1) is 28.2. The van der Waals surface area contributed by atoms with Gasteiger partial charge in [-0.15, -0.1) is 0 Å². The number of methoxy groups -OCH3 is 1. The molecule has 0 aromatic rings. The number of aliphatic hydroxyl groups is 1. The van der Waals surface area contributed by atoms with Gasteiger partial charge in [-0.3, -0.25) is 9.59 Å². The van der Waals surface area contributed by atoms with Crippen LogP contribution >= 0.6 is 0 Å². The molecule has 214 valence electrons. The SMILES string of the molecule is COC(=O)[C@]12CC[C@](C)(OC(C)=O)[C@H](C)[C@H]1C1=CC[C@@H]3[C@@]4(C)CC[C@H](O)C(C)(C)[C@@H]4CC[C@@]3(C)[C@]1(C)CC2. The van der Waals surface area contributed by atoms with Crippen LogP contribution in [0.3, 0.4) is 0 Å². The van der Waals surface area contributed by atoms with E-state index in [1.54, 1.807) is 0 Å². The molecule has 0 spiro atoms. The summed E-state index contributed by atoms with van der Waals surface area (Å²) in [7, 11) is 1.53. The molecular formula is C33H52O5. The van der Waals surface area contributed by atoms with E-state index in [1.807, 2.05) is 0 Å². The van der Waals surface area contributed by atoms with Crippen molar-refractivity contribution in [3.8, 4) is 0 Å². The van der Waals surface area contributed by atoms with E-state index in [2.05, 4.69) is 54.5 Å². The molecule has 0 aliphatic heterocycles. The van der Waals surface area contributed by atoms with Crippen LogP contribution in [0, 0.1) is 50.7 Å². The first-order valence-corrected chi connectivity index (χ1v) is 15.2. The number of ether oxygens (including phenoxy) is 2. The second-order valence-electron chi connectivity index (χ2n) is 15.5. The van der Waals surface area contributed by atoms with E-state index in [9.17, 15) is 14.7 Å². The van der Waals surface area contributed by atoms with Gasteiger partial charge in [-0.2, -0.15) is 0 Å². The molecule has 4 fully saturated rings. The lowest BCUT2D eigenvalue weighted by molar-refractivity contribution is -0.215. The number of carbonyl (C=O) groups is 2. The Morgan fingerprint density at radius 2 is 1.58 bits per heavy atom. The quantitative estimate of drug-likeness (QED) is 0.313. The molecule has 5 aliphatic carbocycles. The van der Waals surface area contributed by atoms with Crippen molar-refractivity contribution in [1.82, 2.24) is 0 Å². The van der Waals surface area contributed by atoms with Crippen LogP contribution < -0.4 is 0 Å². The van der Waals surface area contributed by atoms with Gasteiger partial charge in [-0.1, -0.05) is 53.2 Å². The first-order chi connectivity index (χ1) is 17.5. The van der Waals surface area contributed by atoms with Gasteiger partial charge in [0, 0.05) is 18.8 Å². The zero-order valence-corrected chi connectivity index (χ0v) is 25.4. The van der Waals surface area contributed by atoms with Gasteiger partial charge < -0.3 is 14.6 Å². The molecule has 10 atom stereocenters. The summed E-state index contributed by atoms with van der Waals surface area (Å²) in [5.41, 5.74) is 0.457. The van der Waals surface area contributed by atoms with Gasteiger partial charge in [0.15, 0.2) is 0 Å². The maximum Gasteiger partial charge on any atom is 0.312 e. The summed E-state index contributed by atoms with van der Waals surface area (Å²) in [6, 6.07) is 0. The lowest BCUT2D eigenvalue weighted by atomic mass is 9.33. The third kappa shape index (κ3) is 3.38. The number of hydrogen-bond acceptors (Lipinski definition) is 5. The van der Waals surface area contributed by atoms with Crippen molar-refractivity contribution >= 4 is 11.9 Å². The highest BCUT2D eigenvalue weighted by atomic mass is 16.6. The maximum atomic E-state index is 13.6. The second-order valence-corrected chi connectivity index (χ2v) is 15.5. The van der Waals surface area contributed by atoms with Gasteiger partial charge in [0.2, 0.25) is 0 Å². The minimum absolute atomic E-state index is 0.000256. The van der Waals surface area contributed by atoms with Gasteiger partial charge in [-0.25, -0.2) is 0 Å². The van der Waals surface area contributed by atoms with Crippen molar-refractivity contribution < 1.29 is 24.2 Å². The topological polar surface area (TPSA) is 72.8 Å². The number of carbonyl (C=O) groups excluding carboxylic acids is 2. The number of allylic oxidation sites excluding steroid dienone is 2. The molecule has 1 N–H and O–H groups in total. The fraction of sp³-hybridized carbons (Fsp3) is 0.879. The smallest absolute Gasteiger partial charge is 0.312 e. The van der Waals surface area contributed by atoms with E-state index in [0.29, 0.717) is 24.7 Å². The standard InChI is InChI=1S/C33H52O5/c1-20-26-22-10-11-24-29(5)14-13-25(35)28(3,4)23(29)12-15-31(24,7)30(22,6)16-18-33(26,27(36)37-9)19-17-32(20,8)38-21(2)34/h10,20,23-26,35H,11-19H2,1-9H3/t20-,23+,24-,25+,26+,29+,30-,31-,32+,33-/m1/s1. The number of hydrogen-bond donors (Lipinski definition) is 1. The van der Waals surface area contributed by atoms with E-state index in [1.165, 1.54) is 19.6 Å². The Hall–Kier alpha value is -1.36. The monoisotopic (exact) mass is 528 g/mol. The molecule has 38 heavy (non-hydrogen) atoms. The van der Waals surface area contributed by atoms with Crippen molar-refractivity contribution in [3.63, 3.8) is 0 Å². The van der Waals surface area contributed by atoms with Gasteiger partial charge in [0.1, 0.15) is 5.60 Å². The molecule has 4 saturated carbocycles. The average Bonchev–Trinajstić information content (AvgIpc) is 2.83. The molecule has 0 radical (unpaired) electrons. The Kier molecular flexibility index (Phi) is 6.36. The molecule has 5 nitrogen and oxygen atoms in total. The van der Waals surface area contributed by atoms with E-state index in [4.69, 9.17) is 9.47 Å². The predicted octanol–water partition coefficient (Wildman–Crippen LogP) is 6.86. The molecule has 0 bridgehead atoms. The van der Waals surface area contributed by atoms with Gasteiger partial charge in [0.05, 0.1) is 18.6 Å². The fourth-order valence-corrected chi connectivity index (χ4v) is 11.4. The highest BCUT2D eigenvalue weighted by molar-refractivity contribution is 5.79. The summed E-state index contributed by atoms with van der Waals surface area (Å²) in [6.45, 7) is 17.9. The van der Waals surface area contributed by atoms with Crippen molar-refractivity contribution in [2.45, 2.75) is 125 Å². The summed E-state index contributed by atoms with van der Waals surface area (Å²) < 4.78 is 11.5. The van der Waals surface area contributed by atoms with Crippen molar-refractivity contribution in [2.24, 2.45) is 50.7 Å². The second kappa shape index (κ2) is 8.57. The zero-order valence-electron chi connectivity index (χ0n) is 25.4. The van der Waals surface area contributed by atoms with Crippen molar-refractivity contribution in [3.05, 3.63) is 11.6 Å². The van der Waals surface area contributed by atoms with Gasteiger partial charge >= 0.3 is 11.9 Å². The summed E-state index contributed by atoms with van der Waals surface area (Å²) in [5, 5.41) is 11.0. The van der Waals surface area contributed by atoms with Crippen LogP contribution in [0.4, 0.5) is 0 Å². The largest absolute Gasteiger partial charge is 0.469 e. The summed E-state index contributed by atoms with van der Waals surface area (Å²) in [5.74, 6) is 0.725. The zero-order chi connectivity index (χ0) is 28.1. The molecule has 5 aliphatic rings. The lowest BCUT2D eigenvalue weighted by Crippen LogP contribution is -2.66. The fourth-order valence-electron chi connectivity index (χ4n) is 11.4. The van der Waals surface area contributed by atoms with Gasteiger partial charge in [0.25, 0.3) is 0 Å². The third-order valence-electron chi connectivity index (χ3n) is 14.0. The molecule has 0 aromatic heterocycles. The lowest BCUT2D eigenvalue weighted by Gasteiger charge is -2.71. The molecule has 0 aromatic carbocycles. The van der Waals surface area contributed by atoms with E-state index >= 15 is 0 Å². The normalized spacial score (nSPS) is 51.3. The van der Waals surface area contributed by atoms with E-state index in [-0.39, 0.29) is 51.5 Å². The Morgan fingerprint density at radius 3 is 2.21 bits per heavy atom. The van der Waals surface area contributed by atoms with Crippen LogP contribution in [-0.2, 0) is 19.1 Å². The van der Waals surface area contributed by atoms with E-state index in [0.717, 1.165) is 44.9 Å². The van der Waals surface area contributed by atoms with Crippen molar-refractivity contribution in [1.29, 1.82) is 0 Å². The maximum absolute atomic E-state index is 13.6. The number of fused-ring (bicyclic) bond motifs is 7. The summed E-state index contributed by atoms with van der Waals surface area (Å²) in [4.78, 5) is 25.8. The molecular weight excluding hydrogens is 476 g/mol. The van der Waals surface area contributed by atoms with Crippen LogP contribution in [0.25, 0.3) is 0 Å². The third-order valence-corrected chi connectivity index (χ3v) is 14.0. The Morgan fingerprint density at radius 1 is 0.921 bits per heavy atom. The number of rotatable bonds is 2. The molecule has 0 heterocycles. The van der Waals surface area contributed by atoms with Crippen LogP contribution in [0.1, 0.15) is 113 Å². The summed E-state index contributed by atoms with van der Waals surface area (Å²) >= 11 is 0. The molecule has 5 rings (SSSR count). The van der Waals surface area contributed by atoms with Crippen LogP contribution in [0.15, 0.2) is 11.6 Å². The molecule has 0 unspecified atom stereocenters. The van der Waals surface area contributed by atoms with E-state index < -0.39 is 11.0 Å². The molecule has 5 heteroatoms. The summed E-state index contributed by atoms with van der Waals surface area (Å²) in [6.07, 6.45) is 10.8.